The Hall–Kier alpha value is -2.09. The molecule has 2 aromatic carbocycles. The second-order valence-corrected chi connectivity index (χ2v) is 5.88. The zero-order chi connectivity index (χ0) is 14.7. The fraction of sp³-hybridized carbons (Fsp3) is 0.316. The lowest BCUT2D eigenvalue weighted by Crippen LogP contribution is -2.02. The van der Waals surface area contributed by atoms with Gasteiger partial charge in [0.25, 0.3) is 0 Å². The second-order valence-electron chi connectivity index (χ2n) is 5.88. The van der Waals surface area contributed by atoms with Gasteiger partial charge in [0, 0.05) is 12.8 Å². The summed E-state index contributed by atoms with van der Waals surface area (Å²) in [5, 5.41) is 0. The number of rotatable bonds is 4. The average Bonchev–Trinajstić information content (AvgIpc) is 2.85. The van der Waals surface area contributed by atoms with Crippen LogP contribution in [0.3, 0.4) is 0 Å². The Labute approximate surface area is 125 Å². The van der Waals surface area contributed by atoms with Crippen LogP contribution in [0, 0.1) is 5.92 Å². The molecule has 0 N–H and O–H groups in total. The topological polar surface area (TPSA) is 26.3 Å². The van der Waals surface area contributed by atoms with E-state index in [0.717, 1.165) is 11.3 Å². The van der Waals surface area contributed by atoms with Crippen LogP contribution in [-0.4, -0.2) is 5.78 Å². The van der Waals surface area contributed by atoms with E-state index in [1.54, 1.807) is 0 Å². The summed E-state index contributed by atoms with van der Waals surface area (Å²) in [6.07, 6.45) is 1.38. The average molecular weight is 280 g/mol. The number of Topliss-reactive ketones (excluding diaryl/α,β-unsaturated/α-hetero) is 1. The van der Waals surface area contributed by atoms with Gasteiger partial charge in [0.2, 0.25) is 0 Å². The summed E-state index contributed by atoms with van der Waals surface area (Å²) in [5.74, 6) is 2.03. The SMILES string of the molecule is CC1CC(=O)CC1c1cccc(OCc2ccccc2)c1. The molecule has 21 heavy (non-hydrogen) atoms. The standard InChI is InChI=1S/C19H20O2/c1-14-10-17(20)12-19(14)16-8-5-9-18(11-16)21-13-15-6-3-2-4-7-15/h2-9,11,14,19H,10,12-13H2,1H3. The molecule has 2 atom stereocenters. The summed E-state index contributed by atoms with van der Waals surface area (Å²) in [6.45, 7) is 2.73. The zero-order valence-electron chi connectivity index (χ0n) is 12.3. The Morgan fingerprint density at radius 2 is 1.86 bits per heavy atom. The van der Waals surface area contributed by atoms with Crippen molar-refractivity contribution >= 4 is 5.78 Å². The van der Waals surface area contributed by atoms with Gasteiger partial charge in [-0.2, -0.15) is 0 Å². The van der Waals surface area contributed by atoms with Crippen LogP contribution < -0.4 is 4.74 Å². The lowest BCUT2D eigenvalue weighted by molar-refractivity contribution is -0.117. The van der Waals surface area contributed by atoms with Gasteiger partial charge >= 0.3 is 0 Å². The molecule has 1 saturated carbocycles. The molecule has 0 spiro atoms. The normalized spacial score (nSPS) is 21.5. The van der Waals surface area contributed by atoms with Crippen LogP contribution in [0.25, 0.3) is 0 Å². The van der Waals surface area contributed by atoms with Gasteiger partial charge in [-0.1, -0.05) is 49.4 Å². The molecule has 0 aromatic heterocycles. The highest BCUT2D eigenvalue weighted by molar-refractivity contribution is 5.82. The van der Waals surface area contributed by atoms with E-state index in [1.165, 1.54) is 5.56 Å². The second kappa shape index (κ2) is 6.13. The van der Waals surface area contributed by atoms with E-state index in [4.69, 9.17) is 4.74 Å². The lowest BCUT2D eigenvalue weighted by Gasteiger charge is -2.16. The van der Waals surface area contributed by atoms with E-state index in [-0.39, 0.29) is 0 Å². The highest BCUT2D eigenvalue weighted by Gasteiger charge is 2.30. The Morgan fingerprint density at radius 1 is 1.05 bits per heavy atom. The molecule has 0 heterocycles. The molecule has 2 nitrogen and oxygen atoms in total. The lowest BCUT2D eigenvalue weighted by atomic mass is 9.90. The maximum atomic E-state index is 11.6. The summed E-state index contributed by atoms with van der Waals surface area (Å²) >= 11 is 0. The van der Waals surface area contributed by atoms with E-state index in [0.29, 0.717) is 37.1 Å². The third-order valence-electron chi connectivity index (χ3n) is 4.22. The molecule has 2 aromatic rings. The summed E-state index contributed by atoms with van der Waals surface area (Å²) in [5.41, 5.74) is 2.38. The molecule has 1 fully saturated rings. The Balaban J connectivity index is 1.70. The summed E-state index contributed by atoms with van der Waals surface area (Å²) in [6, 6.07) is 18.3. The Morgan fingerprint density at radius 3 is 2.57 bits per heavy atom. The minimum atomic E-state index is 0.345. The highest BCUT2D eigenvalue weighted by atomic mass is 16.5. The van der Waals surface area contributed by atoms with Crippen molar-refractivity contribution < 1.29 is 9.53 Å². The molecule has 2 unspecified atom stereocenters. The molecule has 2 heteroatoms. The molecule has 0 amide bonds. The quantitative estimate of drug-likeness (QED) is 0.832. The molecule has 0 saturated heterocycles. The number of hydrogen-bond acceptors (Lipinski definition) is 2. The van der Waals surface area contributed by atoms with Crippen molar-refractivity contribution in [3.8, 4) is 5.75 Å². The van der Waals surface area contributed by atoms with Crippen molar-refractivity contribution in [2.75, 3.05) is 0 Å². The van der Waals surface area contributed by atoms with Crippen LogP contribution in [0.5, 0.6) is 5.75 Å². The molecule has 0 aliphatic heterocycles. The minimum Gasteiger partial charge on any atom is -0.489 e. The van der Waals surface area contributed by atoms with E-state index < -0.39 is 0 Å². The van der Waals surface area contributed by atoms with Crippen LogP contribution in [0.1, 0.15) is 36.8 Å². The fourth-order valence-electron chi connectivity index (χ4n) is 3.05. The van der Waals surface area contributed by atoms with Gasteiger partial charge in [-0.25, -0.2) is 0 Å². The van der Waals surface area contributed by atoms with Gasteiger partial charge in [-0.3, -0.25) is 4.79 Å². The summed E-state index contributed by atoms with van der Waals surface area (Å²) in [4.78, 5) is 11.6. The fourth-order valence-corrected chi connectivity index (χ4v) is 3.05. The first-order chi connectivity index (χ1) is 10.2. The van der Waals surface area contributed by atoms with Crippen molar-refractivity contribution in [3.05, 3.63) is 65.7 Å². The van der Waals surface area contributed by atoms with E-state index in [1.807, 2.05) is 30.3 Å². The predicted octanol–water partition coefficient (Wildman–Crippen LogP) is 4.35. The van der Waals surface area contributed by atoms with Crippen LogP contribution in [0.15, 0.2) is 54.6 Å². The summed E-state index contributed by atoms with van der Waals surface area (Å²) in [7, 11) is 0. The Kier molecular flexibility index (Phi) is 4.05. The van der Waals surface area contributed by atoms with Crippen LogP contribution in [0.4, 0.5) is 0 Å². The number of ether oxygens (including phenoxy) is 1. The summed E-state index contributed by atoms with van der Waals surface area (Å²) < 4.78 is 5.87. The van der Waals surface area contributed by atoms with Crippen molar-refractivity contribution in [1.29, 1.82) is 0 Å². The molecular weight excluding hydrogens is 260 g/mol. The van der Waals surface area contributed by atoms with Crippen LogP contribution in [-0.2, 0) is 11.4 Å². The molecule has 3 rings (SSSR count). The zero-order valence-corrected chi connectivity index (χ0v) is 12.3. The maximum absolute atomic E-state index is 11.6. The van der Waals surface area contributed by atoms with E-state index in [2.05, 4.69) is 31.2 Å². The Bertz CT molecular complexity index is 618. The minimum absolute atomic E-state index is 0.345. The van der Waals surface area contributed by atoms with Gasteiger partial charge in [0.1, 0.15) is 18.1 Å². The van der Waals surface area contributed by atoms with Gasteiger partial charge < -0.3 is 4.74 Å². The predicted molar refractivity (Wildman–Crippen MR) is 83.4 cm³/mol. The first-order valence-corrected chi connectivity index (χ1v) is 7.51. The van der Waals surface area contributed by atoms with Crippen molar-refractivity contribution in [2.24, 2.45) is 5.92 Å². The molecule has 0 bridgehead atoms. The smallest absolute Gasteiger partial charge is 0.133 e. The number of carbonyl (C=O) groups is 1. The van der Waals surface area contributed by atoms with Crippen LogP contribution in [0.2, 0.25) is 0 Å². The maximum Gasteiger partial charge on any atom is 0.133 e. The molecule has 1 aliphatic carbocycles. The first kappa shape index (κ1) is 13.9. The van der Waals surface area contributed by atoms with E-state index >= 15 is 0 Å². The molecule has 108 valence electrons. The number of carbonyl (C=O) groups excluding carboxylic acids is 1. The van der Waals surface area contributed by atoms with Gasteiger partial charge in [0.15, 0.2) is 0 Å². The van der Waals surface area contributed by atoms with Crippen molar-refractivity contribution in [1.82, 2.24) is 0 Å². The van der Waals surface area contributed by atoms with E-state index in [9.17, 15) is 4.79 Å². The van der Waals surface area contributed by atoms with Crippen molar-refractivity contribution in [2.45, 2.75) is 32.3 Å². The van der Waals surface area contributed by atoms with Crippen LogP contribution >= 0.6 is 0 Å². The third kappa shape index (κ3) is 3.33. The molecule has 0 radical (unpaired) electrons. The van der Waals surface area contributed by atoms with Gasteiger partial charge in [-0.15, -0.1) is 0 Å². The largest absolute Gasteiger partial charge is 0.489 e. The third-order valence-corrected chi connectivity index (χ3v) is 4.22. The monoisotopic (exact) mass is 280 g/mol. The van der Waals surface area contributed by atoms with Gasteiger partial charge in [0.05, 0.1) is 0 Å². The van der Waals surface area contributed by atoms with Gasteiger partial charge in [-0.05, 0) is 35.1 Å². The highest BCUT2D eigenvalue weighted by Crippen LogP contribution is 2.38. The first-order valence-electron chi connectivity index (χ1n) is 7.51. The number of ketones is 1. The number of hydrogen-bond donors (Lipinski definition) is 0. The number of benzene rings is 2. The molecular formula is C19H20O2. The molecule has 1 aliphatic rings. The van der Waals surface area contributed by atoms with Crippen molar-refractivity contribution in [3.63, 3.8) is 0 Å².